The molecule has 0 atom stereocenters. The minimum atomic E-state index is -0.0997. The van der Waals surface area contributed by atoms with Gasteiger partial charge in [-0.3, -0.25) is 9.59 Å². The largest absolute Gasteiger partial charge is 0.440 e. The molecule has 24 heavy (non-hydrogen) atoms. The van der Waals surface area contributed by atoms with E-state index in [1.165, 1.54) is 6.92 Å². The molecule has 3 rings (SSSR count). The summed E-state index contributed by atoms with van der Waals surface area (Å²) < 4.78 is 6.10. The van der Waals surface area contributed by atoms with Crippen LogP contribution >= 0.6 is 0 Å². The summed E-state index contributed by atoms with van der Waals surface area (Å²) in [5.74, 6) is 0.554. The second-order valence-corrected chi connectivity index (χ2v) is 7.70. The van der Waals surface area contributed by atoms with Crippen LogP contribution in [0.15, 0.2) is 21.3 Å². The normalized spacial score (nSPS) is 17.3. The third-order valence-corrected chi connectivity index (χ3v) is 5.23. The number of carbonyl (C=O) groups is 1. The lowest BCUT2D eigenvalue weighted by Gasteiger charge is -2.37. The molecule has 0 unspecified atom stereocenters. The van der Waals surface area contributed by atoms with Gasteiger partial charge < -0.3 is 9.32 Å². The average Bonchev–Trinajstić information content (AvgIpc) is 2.51. The van der Waals surface area contributed by atoms with Crippen molar-refractivity contribution in [3.05, 3.63) is 39.0 Å². The first-order chi connectivity index (χ1) is 11.2. The number of ketones is 1. The van der Waals surface area contributed by atoms with Gasteiger partial charge in [-0.05, 0) is 50.7 Å². The summed E-state index contributed by atoms with van der Waals surface area (Å²) in [5, 5.41) is 0.418. The van der Waals surface area contributed by atoms with Crippen molar-refractivity contribution in [3.63, 3.8) is 0 Å². The number of piperidine rings is 1. The number of nitrogens with zero attached hydrogens (tertiary/aromatic N) is 1. The Bertz CT molecular complexity index is 867. The van der Waals surface area contributed by atoms with Crippen molar-refractivity contribution >= 4 is 22.6 Å². The molecule has 1 aliphatic heterocycles. The van der Waals surface area contributed by atoms with Crippen LogP contribution in [0.2, 0.25) is 0 Å². The SMILES string of the molecule is CC(=O)c1c(C)ccc2oc(N3CCC(C)(C)CC3)c(C)c(=O)c12. The van der Waals surface area contributed by atoms with Gasteiger partial charge in [0, 0.05) is 18.7 Å². The van der Waals surface area contributed by atoms with Crippen molar-refractivity contribution in [2.75, 3.05) is 18.0 Å². The second kappa shape index (κ2) is 5.76. The van der Waals surface area contributed by atoms with Crippen LogP contribution in [-0.4, -0.2) is 18.9 Å². The van der Waals surface area contributed by atoms with E-state index in [0.717, 1.165) is 31.5 Å². The Balaban J connectivity index is 2.17. The van der Waals surface area contributed by atoms with Crippen LogP contribution in [0.3, 0.4) is 0 Å². The maximum Gasteiger partial charge on any atom is 0.202 e. The molecule has 0 saturated carbocycles. The van der Waals surface area contributed by atoms with Gasteiger partial charge in [-0.1, -0.05) is 19.9 Å². The number of benzene rings is 1. The molecule has 1 aromatic carbocycles. The van der Waals surface area contributed by atoms with E-state index in [9.17, 15) is 9.59 Å². The first kappa shape index (κ1) is 16.7. The topological polar surface area (TPSA) is 50.5 Å². The number of carbonyl (C=O) groups excluding carboxylic acids is 1. The molecule has 4 heteroatoms. The van der Waals surface area contributed by atoms with Crippen LogP contribution in [-0.2, 0) is 0 Å². The summed E-state index contributed by atoms with van der Waals surface area (Å²) in [4.78, 5) is 27.1. The summed E-state index contributed by atoms with van der Waals surface area (Å²) in [6, 6.07) is 3.65. The molecule has 128 valence electrons. The van der Waals surface area contributed by atoms with Crippen molar-refractivity contribution in [2.24, 2.45) is 5.41 Å². The zero-order valence-corrected chi connectivity index (χ0v) is 15.2. The van der Waals surface area contributed by atoms with E-state index in [0.29, 0.717) is 33.4 Å². The summed E-state index contributed by atoms with van der Waals surface area (Å²) >= 11 is 0. The molecule has 0 spiro atoms. The molecule has 1 aliphatic rings. The van der Waals surface area contributed by atoms with Gasteiger partial charge in [0.15, 0.2) is 11.2 Å². The number of anilines is 1. The minimum absolute atomic E-state index is 0.0926. The summed E-state index contributed by atoms with van der Waals surface area (Å²) in [5.41, 5.74) is 2.63. The minimum Gasteiger partial charge on any atom is -0.440 e. The number of aryl methyl sites for hydroxylation is 1. The van der Waals surface area contributed by atoms with Crippen molar-refractivity contribution in [2.45, 2.75) is 47.5 Å². The molecule has 2 aromatic rings. The van der Waals surface area contributed by atoms with Gasteiger partial charge in [0.05, 0.1) is 10.9 Å². The highest BCUT2D eigenvalue weighted by Gasteiger charge is 2.28. The first-order valence-electron chi connectivity index (χ1n) is 8.54. The fraction of sp³-hybridized carbons (Fsp3) is 0.500. The Kier molecular flexibility index (Phi) is 4.02. The number of rotatable bonds is 2. The molecule has 0 aliphatic carbocycles. The smallest absolute Gasteiger partial charge is 0.202 e. The van der Waals surface area contributed by atoms with Crippen molar-refractivity contribution < 1.29 is 9.21 Å². The predicted octanol–water partition coefficient (Wildman–Crippen LogP) is 4.24. The predicted molar refractivity (Wildman–Crippen MR) is 97.2 cm³/mol. The van der Waals surface area contributed by atoms with Crippen LogP contribution in [0.5, 0.6) is 0 Å². The van der Waals surface area contributed by atoms with E-state index in [-0.39, 0.29) is 11.2 Å². The highest BCUT2D eigenvalue weighted by molar-refractivity contribution is 6.07. The van der Waals surface area contributed by atoms with Gasteiger partial charge in [0.1, 0.15) is 5.58 Å². The van der Waals surface area contributed by atoms with E-state index in [1.807, 2.05) is 13.0 Å². The Labute approximate surface area is 142 Å². The molecule has 1 fully saturated rings. The quantitative estimate of drug-likeness (QED) is 0.774. The summed E-state index contributed by atoms with van der Waals surface area (Å²) in [6.45, 7) is 11.5. The lowest BCUT2D eigenvalue weighted by molar-refractivity contribution is 0.101. The van der Waals surface area contributed by atoms with Crippen LogP contribution in [0.4, 0.5) is 5.88 Å². The molecule has 1 aromatic heterocycles. The maximum absolute atomic E-state index is 13.0. The molecule has 0 radical (unpaired) electrons. The molecular formula is C20H25NO3. The highest BCUT2D eigenvalue weighted by Crippen LogP contribution is 2.34. The summed E-state index contributed by atoms with van der Waals surface area (Å²) in [6.07, 6.45) is 2.14. The van der Waals surface area contributed by atoms with Crippen LogP contribution in [0.1, 0.15) is 55.1 Å². The van der Waals surface area contributed by atoms with Gasteiger partial charge in [0.2, 0.25) is 5.88 Å². The lowest BCUT2D eigenvalue weighted by atomic mass is 9.82. The molecule has 4 nitrogen and oxygen atoms in total. The van der Waals surface area contributed by atoms with Crippen molar-refractivity contribution in [1.82, 2.24) is 0 Å². The standard InChI is InChI=1S/C20H25NO3/c1-12-6-7-15-17(16(12)14(3)22)18(23)13(2)19(24-15)21-10-8-20(4,5)9-11-21/h6-7H,8-11H2,1-5H3. The Hall–Kier alpha value is -2.10. The molecule has 2 heterocycles. The maximum atomic E-state index is 13.0. The monoisotopic (exact) mass is 327 g/mol. The molecule has 0 bridgehead atoms. The number of Topliss-reactive ketones (excluding diaryl/α,β-unsaturated/α-hetero) is 1. The third kappa shape index (κ3) is 2.74. The third-order valence-electron chi connectivity index (χ3n) is 5.23. The van der Waals surface area contributed by atoms with E-state index in [1.54, 1.807) is 13.0 Å². The van der Waals surface area contributed by atoms with Crippen molar-refractivity contribution in [1.29, 1.82) is 0 Å². The molecular weight excluding hydrogens is 302 g/mol. The number of fused-ring (bicyclic) bond motifs is 1. The van der Waals surface area contributed by atoms with Crippen LogP contribution < -0.4 is 10.3 Å². The van der Waals surface area contributed by atoms with Crippen molar-refractivity contribution in [3.8, 4) is 0 Å². The first-order valence-corrected chi connectivity index (χ1v) is 8.54. The van der Waals surface area contributed by atoms with E-state index in [2.05, 4.69) is 18.7 Å². The van der Waals surface area contributed by atoms with Crippen LogP contribution in [0, 0.1) is 19.3 Å². The number of hydrogen-bond donors (Lipinski definition) is 0. The Morgan fingerprint density at radius 3 is 2.38 bits per heavy atom. The lowest BCUT2D eigenvalue weighted by Crippen LogP contribution is -2.38. The van der Waals surface area contributed by atoms with Gasteiger partial charge in [-0.15, -0.1) is 0 Å². The second-order valence-electron chi connectivity index (χ2n) is 7.70. The van der Waals surface area contributed by atoms with Gasteiger partial charge >= 0.3 is 0 Å². The Morgan fingerprint density at radius 2 is 1.79 bits per heavy atom. The summed E-state index contributed by atoms with van der Waals surface area (Å²) in [7, 11) is 0. The zero-order valence-electron chi connectivity index (χ0n) is 15.2. The van der Waals surface area contributed by atoms with E-state index < -0.39 is 0 Å². The molecule has 0 N–H and O–H groups in total. The molecule has 1 saturated heterocycles. The van der Waals surface area contributed by atoms with Gasteiger partial charge in [-0.25, -0.2) is 0 Å². The van der Waals surface area contributed by atoms with E-state index in [4.69, 9.17) is 4.42 Å². The zero-order chi connectivity index (χ0) is 17.6. The van der Waals surface area contributed by atoms with E-state index >= 15 is 0 Å². The number of hydrogen-bond acceptors (Lipinski definition) is 4. The highest BCUT2D eigenvalue weighted by atomic mass is 16.4. The fourth-order valence-electron chi connectivity index (χ4n) is 3.53. The van der Waals surface area contributed by atoms with Gasteiger partial charge in [0.25, 0.3) is 0 Å². The fourth-order valence-corrected chi connectivity index (χ4v) is 3.53. The average molecular weight is 327 g/mol. The Morgan fingerprint density at radius 1 is 1.17 bits per heavy atom. The van der Waals surface area contributed by atoms with Gasteiger partial charge in [-0.2, -0.15) is 0 Å². The van der Waals surface area contributed by atoms with Crippen LogP contribution in [0.25, 0.3) is 11.0 Å². The molecule has 0 amide bonds.